The SMILES string of the molecule is Cc1cc(-c2cc(F)c(F)cc2-c2ccccc2S(N)(=O)=O)cc(C)c1F. The number of primary sulfonamides is 1. The van der Waals surface area contributed by atoms with Crippen LogP contribution in [0.1, 0.15) is 11.1 Å². The van der Waals surface area contributed by atoms with Gasteiger partial charge in [-0.25, -0.2) is 26.7 Å². The molecule has 0 spiro atoms. The van der Waals surface area contributed by atoms with Crippen molar-refractivity contribution in [3.8, 4) is 22.3 Å². The molecule has 0 aliphatic heterocycles. The average Bonchev–Trinajstić information content (AvgIpc) is 2.60. The minimum atomic E-state index is -4.10. The van der Waals surface area contributed by atoms with Crippen molar-refractivity contribution in [3.05, 3.63) is 77.1 Å². The summed E-state index contributed by atoms with van der Waals surface area (Å²) in [5.41, 5.74) is 1.61. The number of halogens is 3. The highest BCUT2D eigenvalue weighted by molar-refractivity contribution is 7.89. The molecule has 0 bridgehead atoms. The first-order chi connectivity index (χ1) is 12.6. The lowest BCUT2D eigenvalue weighted by Gasteiger charge is -2.15. The normalized spacial score (nSPS) is 11.6. The minimum Gasteiger partial charge on any atom is -0.225 e. The lowest BCUT2D eigenvalue weighted by Crippen LogP contribution is -2.13. The summed E-state index contributed by atoms with van der Waals surface area (Å²) in [5, 5.41) is 5.27. The average molecular weight is 391 g/mol. The van der Waals surface area contributed by atoms with Crippen LogP contribution in [0.15, 0.2) is 53.4 Å². The van der Waals surface area contributed by atoms with Crippen LogP contribution in [-0.4, -0.2) is 8.42 Å². The maximum absolute atomic E-state index is 14.0. The van der Waals surface area contributed by atoms with Gasteiger partial charge in [0.25, 0.3) is 0 Å². The highest BCUT2D eigenvalue weighted by Crippen LogP contribution is 2.37. The van der Waals surface area contributed by atoms with Crippen molar-refractivity contribution < 1.29 is 21.6 Å². The molecule has 3 aromatic rings. The van der Waals surface area contributed by atoms with Crippen molar-refractivity contribution in [2.24, 2.45) is 5.14 Å². The van der Waals surface area contributed by atoms with E-state index >= 15 is 0 Å². The van der Waals surface area contributed by atoms with Gasteiger partial charge >= 0.3 is 0 Å². The van der Waals surface area contributed by atoms with Gasteiger partial charge in [-0.2, -0.15) is 0 Å². The third kappa shape index (κ3) is 3.61. The summed E-state index contributed by atoms with van der Waals surface area (Å²) in [6.07, 6.45) is 0. The lowest BCUT2D eigenvalue weighted by molar-refractivity contribution is 0.509. The molecule has 2 N–H and O–H groups in total. The van der Waals surface area contributed by atoms with Crippen LogP contribution in [-0.2, 0) is 10.0 Å². The predicted molar refractivity (Wildman–Crippen MR) is 98.0 cm³/mol. The van der Waals surface area contributed by atoms with Crippen LogP contribution < -0.4 is 5.14 Å². The number of nitrogens with two attached hydrogens (primary N) is 1. The second-order valence-corrected chi connectivity index (χ2v) is 7.81. The smallest absolute Gasteiger partial charge is 0.225 e. The van der Waals surface area contributed by atoms with E-state index in [1.807, 2.05) is 0 Å². The maximum atomic E-state index is 14.0. The first kappa shape index (κ1) is 19.1. The van der Waals surface area contributed by atoms with Crippen molar-refractivity contribution >= 4 is 10.0 Å². The fourth-order valence-corrected chi connectivity index (χ4v) is 3.80. The molecular formula is C20H16F3NO2S. The van der Waals surface area contributed by atoms with Crippen molar-refractivity contribution in [2.45, 2.75) is 18.7 Å². The summed E-state index contributed by atoms with van der Waals surface area (Å²) in [6, 6.07) is 10.7. The molecule has 140 valence electrons. The Morgan fingerprint density at radius 1 is 0.778 bits per heavy atom. The Morgan fingerprint density at radius 2 is 1.30 bits per heavy atom. The van der Waals surface area contributed by atoms with Crippen molar-refractivity contribution in [1.29, 1.82) is 0 Å². The zero-order chi connectivity index (χ0) is 19.9. The van der Waals surface area contributed by atoms with E-state index in [0.29, 0.717) is 16.7 Å². The van der Waals surface area contributed by atoms with Gasteiger partial charge in [0.05, 0.1) is 4.90 Å². The molecule has 0 aliphatic carbocycles. The molecule has 3 nitrogen and oxygen atoms in total. The zero-order valence-electron chi connectivity index (χ0n) is 14.6. The number of benzene rings is 3. The molecule has 0 aliphatic rings. The van der Waals surface area contributed by atoms with E-state index in [9.17, 15) is 21.6 Å². The van der Waals surface area contributed by atoms with Crippen LogP contribution in [0.25, 0.3) is 22.3 Å². The molecule has 0 heterocycles. The van der Waals surface area contributed by atoms with E-state index in [1.165, 1.54) is 30.3 Å². The van der Waals surface area contributed by atoms with Gasteiger partial charge in [-0.1, -0.05) is 18.2 Å². The second-order valence-electron chi connectivity index (χ2n) is 6.28. The topological polar surface area (TPSA) is 60.2 Å². The van der Waals surface area contributed by atoms with E-state index in [2.05, 4.69) is 0 Å². The third-order valence-corrected chi connectivity index (χ3v) is 5.26. The molecular weight excluding hydrogens is 375 g/mol. The van der Waals surface area contributed by atoms with E-state index in [-0.39, 0.29) is 21.6 Å². The first-order valence-electron chi connectivity index (χ1n) is 7.98. The van der Waals surface area contributed by atoms with Gasteiger partial charge in [0.1, 0.15) is 5.82 Å². The Kier molecular flexibility index (Phi) is 4.84. The van der Waals surface area contributed by atoms with Crippen LogP contribution in [0.2, 0.25) is 0 Å². The predicted octanol–water partition coefficient (Wildman–Crippen LogP) is 4.70. The van der Waals surface area contributed by atoms with Crippen LogP contribution in [0.4, 0.5) is 13.2 Å². The molecule has 0 fully saturated rings. The fraction of sp³-hybridized carbons (Fsp3) is 0.100. The number of sulfonamides is 1. The van der Waals surface area contributed by atoms with E-state index in [4.69, 9.17) is 5.14 Å². The third-order valence-electron chi connectivity index (χ3n) is 4.29. The minimum absolute atomic E-state index is 0.133. The summed E-state index contributed by atoms with van der Waals surface area (Å²) >= 11 is 0. The van der Waals surface area contributed by atoms with Gasteiger partial charge in [-0.15, -0.1) is 0 Å². The monoisotopic (exact) mass is 391 g/mol. The summed E-state index contributed by atoms with van der Waals surface area (Å²) in [5.74, 6) is -2.62. The summed E-state index contributed by atoms with van der Waals surface area (Å²) in [7, 11) is -4.10. The second kappa shape index (κ2) is 6.83. The van der Waals surface area contributed by atoms with Gasteiger partial charge < -0.3 is 0 Å². The largest absolute Gasteiger partial charge is 0.238 e. The molecule has 0 saturated carbocycles. The Hall–Kier alpha value is -2.64. The number of hydrogen-bond acceptors (Lipinski definition) is 2. The van der Waals surface area contributed by atoms with Crippen LogP contribution in [0.3, 0.4) is 0 Å². The number of rotatable bonds is 3. The highest BCUT2D eigenvalue weighted by atomic mass is 32.2. The molecule has 3 aromatic carbocycles. The molecule has 0 atom stereocenters. The Labute approximate surface area is 155 Å². The van der Waals surface area contributed by atoms with E-state index < -0.39 is 27.5 Å². The summed E-state index contributed by atoms with van der Waals surface area (Å²) in [4.78, 5) is -0.215. The Bertz CT molecular complexity index is 1130. The molecule has 3 rings (SSSR count). The summed E-state index contributed by atoms with van der Waals surface area (Å²) < 4.78 is 65.8. The Balaban J connectivity index is 2.39. The first-order valence-corrected chi connectivity index (χ1v) is 9.52. The van der Waals surface area contributed by atoms with Gasteiger partial charge in [0, 0.05) is 5.56 Å². The van der Waals surface area contributed by atoms with Gasteiger partial charge in [0.2, 0.25) is 10.0 Å². The molecule has 0 saturated heterocycles. The van der Waals surface area contributed by atoms with Crippen LogP contribution in [0, 0.1) is 31.3 Å². The maximum Gasteiger partial charge on any atom is 0.238 e. The van der Waals surface area contributed by atoms with Crippen molar-refractivity contribution in [2.75, 3.05) is 0 Å². The van der Waals surface area contributed by atoms with E-state index in [1.54, 1.807) is 19.9 Å². The molecule has 0 aromatic heterocycles. The van der Waals surface area contributed by atoms with Crippen molar-refractivity contribution in [1.82, 2.24) is 0 Å². The molecule has 7 heteroatoms. The molecule has 0 radical (unpaired) electrons. The standard InChI is InChI=1S/C20H16F3NO2S/c1-11-7-13(8-12(2)20(11)23)15-9-17(21)18(22)10-16(15)14-5-3-4-6-19(14)27(24,25)26/h3-10H,1-2H3,(H2,24,25,26). The van der Waals surface area contributed by atoms with Gasteiger partial charge in [-0.3, -0.25) is 0 Å². The van der Waals surface area contributed by atoms with Crippen LogP contribution >= 0.6 is 0 Å². The number of hydrogen-bond donors (Lipinski definition) is 1. The van der Waals surface area contributed by atoms with E-state index in [0.717, 1.165) is 12.1 Å². The number of aryl methyl sites for hydroxylation is 2. The zero-order valence-corrected chi connectivity index (χ0v) is 15.4. The lowest BCUT2D eigenvalue weighted by atomic mass is 9.92. The van der Waals surface area contributed by atoms with Crippen LogP contribution in [0.5, 0.6) is 0 Å². The van der Waals surface area contributed by atoms with Gasteiger partial charge in [0.15, 0.2) is 11.6 Å². The fourth-order valence-electron chi connectivity index (χ4n) is 3.05. The molecule has 0 unspecified atom stereocenters. The van der Waals surface area contributed by atoms with Crippen molar-refractivity contribution in [3.63, 3.8) is 0 Å². The molecule has 27 heavy (non-hydrogen) atoms. The van der Waals surface area contributed by atoms with Gasteiger partial charge in [-0.05, 0) is 72.0 Å². The Morgan fingerprint density at radius 3 is 1.85 bits per heavy atom. The quantitative estimate of drug-likeness (QED) is 0.703. The molecule has 0 amide bonds. The highest BCUT2D eigenvalue weighted by Gasteiger charge is 2.20. The summed E-state index contributed by atoms with van der Waals surface area (Å²) in [6.45, 7) is 3.12.